The molecule has 1 atom stereocenters. The summed E-state index contributed by atoms with van der Waals surface area (Å²) < 4.78 is 193. The molecule has 0 aromatic rings. The first-order valence-corrected chi connectivity index (χ1v) is 79.7. The lowest BCUT2D eigenvalue weighted by Crippen LogP contribution is -2.45. The van der Waals surface area contributed by atoms with Gasteiger partial charge in [0, 0.05) is 314 Å². The van der Waals surface area contributed by atoms with Crippen molar-refractivity contribution in [1.82, 2.24) is 0 Å². The quantitative estimate of drug-likeness (QED) is 0.0403. The SMILES string of the molecule is CCCC[Si](CCC[Si](OC)(OC)OC)(CCC[Si](OC)(OC)OC)CCC[Si](OC)(OC)OC.CCC[Si](C)(CCC[Si](OC)(OC)OC)CC[Si](OC)(OC)OC.CCC[Si](CCC[Si](OC)(OC)OC)(CCC[Si](OC)(OC)OC)CCC[Si](OC)(OC)OC.CCOCCC[Si](CCC[Si](OC)(OC)OC)(CCC[Si](OC)(OC)OC)CCC[Si](OC)(OC)OC. The Morgan fingerprint density at radius 3 is 0.431 bits per heavy atom. The van der Waals surface area contributed by atoms with E-state index in [9.17, 15) is 0 Å². The van der Waals surface area contributed by atoms with Crippen LogP contribution in [0.3, 0.4) is 0 Å². The Hall–Kier alpha value is 1.89. The number of hydrogen-bond donors (Lipinski definition) is 0. The van der Waals surface area contributed by atoms with E-state index in [1.54, 1.807) is 235 Å². The Labute approximate surface area is 810 Å². The maximum Gasteiger partial charge on any atom is 0.500 e. The van der Waals surface area contributed by atoms with Gasteiger partial charge in [0.05, 0.1) is 32.3 Å². The van der Waals surface area contributed by atoms with Crippen LogP contribution in [0.4, 0.5) is 0 Å². The van der Waals surface area contributed by atoms with Crippen molar-refractivity contribution in [1.29, 1.82) is 0 Å². The second-order valence-electron chi connectivity index (χ2n) is 33.5. The molecule has 34 nitrogen and oxygen atoms in total. The van der Waals surface area contributed by atoms with Gasteiger partial charge in [-0.25, -0.2) is 0 Å². The molecular weight excluding hydrogens is 1940 g/mol. The van der Waals surface area contributed by atoms with Gasteiger partial charge in [-0.15, -0.1) is 0 Å². The van der Waals surface area contributed by atoms with Crippen LogP contribution in [0.1, 0.15) is 124 Å². The molecule has 0 N–H and O–H groups in total. The van der Waals surface area contributed by atoms with Crippen LogP contribution in [0, 0.1) is 0 Å². The molecule has 0 aliphatic heterocycles. The van der Waals surface area contributed by atoms with E-state index in [2.05, 4.69) is 27.3 Å². The van der Waals surface area contributed by atoms with Gasteiger partial charge in [-0.1, -0.05) is 208 Å². The number of unbranched alkanes of at least 4 members (excludes halogenated alkanes) is 1. The predicted octanol–water partition coefficient (Wildman–Crippen LogP) is 18.0. The van der Waals surface area contributed by atoms with Crippen LogP contribution in [-0.2, 0) is 151 Å². The summed E-state index contributed by atoms with van der Waals surface area (Å²) in [6.07, 6.45) is 16.2. The van der Waals surface area contributed by atoms with Crippen LogP contribution < -0.4 is 0 Å². The van der Waals surface area contributed by atoms with E-state index in [1.165, 1.54) is 92.2 Å². The first-order chi connectivity index (χ1) is 62.0. The maximum atomic E-state index is 5.72. The highest BCUT2D eigenvalue weighted by molar-refractivity contribution is 6.82. The third-order valence-corrected chi connectivity index (χ3v) is 80.6. The molecule has 0 saturated heterocycles. The Morgan fingerprint density at radius 2 is 0.277 bits per heavy atom. The zero-order chi connectivity index (χ0) is 99.9. The average Bonchev–Trinajstić information content (AvgIpc) is 0.849. The molecule has 0 spiro atoms. The Balaban J connectivity index is -0.000000823. The molecule has 0 aliphatic carbocycles. The lowest BCUT2D eigenvalue weighted by molar-refractivity contribution is 0.122. The van der Waals surface area contributed by atoms with Crippen LogP contribution in [0.2, 0.25) is 164 Å². The van der Waals surface area contributed by atoms with E-state index in [0.717, 1.165) is 175 Å². The molecule has 0 aromatic carbocycles. The lowest BCUT2D eigenvalue weighted by Gasteiger charge is -2.35. The second-order valence-corrected chi connectivity index (χ2v) is 87.6. The molecule has 1 unspecified atom stereocenters. The highest BCUT2D eigenvalue weighted by Crippen LogP contribution is 2.42. The van der Waals surface area contributed by atoms with Crippen molar-refractivity contribution in [3.8, 4) is 0 Å². The molecular formula is C81H200O34Si15. The fourth-order valence-corrected chi connectivity index (χ4v) is 62.8. The van der Waals surface area contributed by atoms with Gasteiger partial charge in [0.1, 0.15) is 0 Å². The molecule has 0 radical (unpaired) electrons. The zero-order valence-corrected chi connectivity index (χ0v) is 105. The monoisotopic (exact) mass is 2140 g/mol. The largest absolute Gasteiger partial charge is 0.500 e. The first kappa shape index (κ1) is 138. The number of ether oxygens (including phenoxy) is 1. The standard InChI is InChI=1S/C23H56O10Si4.C22H54O9Si4.C21H52O9Si4.C15H38O6Si3/c1-11-33-16-12-17-34(18-13-21-35(24-2,25-3)26-4,19-14-22-36(27-5,28-6)29-7)20-15-23-37(30-8,31-9)32-10;1-11-12-16-32(17-13-20-33(23-2,24-3)25-4,18-14-21-34(26-5,27-6)28-7)19-15-22-35(29-8,30-9)31-10;1-11-15-31(16-12-19-32(22-2,23-3)24-4,17-13-20-33(25-5,26-6)27-7)18-14-21-34(28-8,29-9)30-10;1-9-11-22(8,14-15-24(19-5,20-6)21-7)12-10-13-23(16-2,17-3)18-4/h11-23H2,1-10H3;11-22H2,1-10H3;11-21H2,1-10H3;9-15H2,1-8H3. The van der Waals surface area contributed by atoms with Crippen molar-refractivity contribution < 1.29 is 151 Å². The van der Waals surface area contributed by atoms with Gasteiger partial charge in [0.2, 0.25) is 0 Å². The molecule has 0 heterocycles. The summed E-state index contributed by atoms with van der Waals surface area (Å²) in [5.74, 6) is 0. The summed E-state index contributed by atoms with van der Waals surface area (Å²) in [6.45, 7) is 12.9. The van der Waals surface area contributed by atoms with Crippen LogP contribution >= 0.6 is 0 Å². The van der Waals surface area contributed by atoms with Crippen molar-refractivity contribution in [3.05, 3.63) is 0 Å². The molecule has 0 bridgehead atoms. The van der Waals surface area contributed by atoms with E-state index in [0.29, 0.717) is 0 Å². The molecule has 0 fully saturated rings. The van der Waals surface area contributed by atoms with E-state index >= 15 is 0 Å². The van der Waals surface area contributed by atoms with Crippen molar-refractivity contribution in [2.75, 3.05) is 248 Å². The van der Waals surface area contributed by atoms with Crippen LogP contribution in [0.5, 0.6) is 0 Å². The van der Waals surface area contributed by atoms with Crippen molar-refractivity contribution in [2.24, 2.45) is 0 Å². The van der Waals surface area contributed by atoms with E-state index in [4.69, 9.17) is 151 Å². The third kappa shape index (κ3) is 49.9. The zero-order valence-electron chi connectivity index (χ0n) is 89.8. The summed E-state index contributed by atoms with van der Waals surface area (Å²) in [5, 5.41) is 0. The molecule has 0 amide bonds. The van der Waals surface area contributed by atoms with E-state index < -0.39 is 129 Å². The lowest BCUT2D eigenvalue weighted by atomic mass is 10.4. The first-order valence-electron chi connectivity index (χ1n) is 46.8. The maximum absolute atomic E-state index is 5.72. The van der Waals surface area contributed by atoms with Crippen LogP contribution in [0.15, 0.2) is 0 Å². The van der Waals surface area contributed by atoms with Crippen LogP contribution in [-0.4, -0.2) is 377 Å². The molecule has 0 saturated carbocycles. The number of rotatable bonds is 88. The Bertz CT molecular complexity index is 2280. The Kier molecular flexibility index (Phi) is 82.3. The van der Waals surface area contributed by atoms with Gasteiger partial charge in [0.25, 0.3) is 0 Å². The van der Waals surface area contributed by atoms with Crippen molar-refractivity contribution in [2.45, 2.75) is 288 Å². The van der Waals surface area contributed by atoms with Crippen LogP contribution in [0.25, 0.3) is 0 Å². The topological polar surface area (TPSA) is 314 Å². The molecule has 0 aliphatic rings. The highest BCUT2D eigenvalue weighted by Gasteiger charge is 2.50. The Morgan fingerprint density at radius 1 is 0.131 bits per heavy atom. The minimum Gasteiger partial charge on any atom is -0.382 e. The summed E-state index contributed by atoms with van der Waals surface area (Å²) in [7, 11) is 20.8. The summed E-state index contributed by atoms with van der Waals surface area (Å²) in [5.41, 5.74) is 0. The van der Waals surface area contributed by atoms with Gasteiger partial charge in [-0.3, -0.25) is 0 Å². The fraction of sp³-hybridized carbons (Fsp3) is 1.00. The molecule has 788 valence electrons. The molecule has 0 aromatic heterocycles. The smallest absolute Gasteiger partial charge is 0.382 e. The van der Waals surface area contributed by atoms with E-state index in [1.807, 2.05) is 6.92 Å². The fourth-order valence-electron chi connectivity index (χ4n) is 18.4. The van der Waals surface area contributed by atoms with Crippen molar-refractivity contribution in [3.63, 3.8) is 0 Å². The molecule has 49 heteroatoms. The summed E-state index contributed by atoms with van der Waals surface area (Å²) in [4.78, 5) is 0. The van der Waals surface area contributed by atoms with Gasteiger partial charge >= 0.3 is 96.8 Å². The van der Waals surface area contributed by atoms with Gasteiger partial charge in [-0.2, -0.15) is 0 Å². The van der Waals surface area contributed by atoms with E-state index in [-0.39, 0.29) is 0 Å². The second kappa shape index (κ2) is 77.4. The minimum atomic E-state index is -2.63. The highest BCUT2D eigenvalue weighted by atomic mass is 28.4. The average molecular weight is 2140 g/mol. The van der Waals surface area contributed by atoms with Gasteiger partial charge in [-0.05, 0) is 13.3 Å². The van der Waals surface area contributed by atoms with Gasteiger partial charge in [0.15, 0.2) is 0 Å². The third-order valence-electron chi connectivity index (χ3n) is 27.2. The molecule has 130 heavy (non-hydrogen) atoms. The normalized spacial score (nSPS) is 13.9. The summed E-state index contributed by atoms with van der Waals surface area (Å²) >= 11 is 0. The molecule has 0 rings (SSSR count). The number of hydrogen-bond acceptors (Lipinski definition) is 34. The predicted molar refractivity (Wildman–Crippen MR) is 551 cm³/mol. The van der Waals surface area contributed by atoms with Gasteiger partial charge < -0.3 is 151 Å². The minimum absolute atomic E-state index is 0.742. The summed E-state index contributed by atoms with van der Waals surface area (Å²) in [6, 6.07) is 27.3. The van der Waals surface area contributed by atoms with Crippen molar-refractivity contribution >= 4 is 129 Å².